The third-order valence-corrected chi connectivity index (χ3v) is 5.42. The first-order chi connectivity index (χ1) is 8.90. The number of nitrogens with one attached hydrogen (secondary N) is 1. The summed E-state index contributed by atoms with van der Waals surface area (Å²) >= 11 is 13.7. The van der Waals surface area contributed by atoms with Gasteiger partial charge in [-0.2, -0.15) is 0 Å². The van der Waals surface area contributed by atoms with Gasteiger partial charge in [-0.15, -0.1) is 41.5 Å². The molecule has 1 N–H and O–H groups in total. The van der Waals surface area contributed by atoms with Crippen molar-refractivity contribution in [2.24, 2.45) is 5.41 Å². The van der Waals surface area contributed by atoms with Gasteiger partial charge in [0.2, 0.25) is 5.91 Å². The van der Waals surface area contributed by atoms with E-state index >= 15 is 0 Å². The number of carbonyl (C=O) groups is 1. The van der Waals surface area contributed by atoms with Gasteiger partial charge < -0.3 is 5.32 Å². The Labute approximate surface area is 127 Å². The van der Waals surface area contributed by atoms with E-state index in [-0.39, 0.29) is 5.91 Å². The molecule has 1 aromatic carbocycles. The minimum atomic E-state index is -0.944. The van der Waals surface area contributed by atoms with Crippen LogP contribution in [0.4, 0.5) is 5.69 Å². The summed E-state index contributed by atoms with van der Waals surface area (Å²) in [4.78, 5) is 13.2. The largest absolute Gasteiger partial charge is 0.325 e. The topological polar surface area (TPSA) is 29.1 Å². The molecule has 0 radical (unpaired) electrons. The Hall–Kier alpha value is -0.640. The number of anilines is 1. The van der Waals surface area contributed by atoms with E-state index in [0.717, 1.165) is 16.3 Å². The smallest absolute Gasteiger partial charge is 0.233 e. The van der Waals surface area contributed by atoms with Crippen LogP contribution < -0.4 is 5.32 Å². The van der Waals surface area contributed by atoms with Gasteiger partial charge in [0, 0.05) is 10.6 Å². The quantitative estimate of drug-likeness (QED) is 0.493. The van der Waals surface area contributed by atoms with Crippen LogP contribution in [0, 0.1) is 5.41 Å². The molecular formula is C14H15Cl2NOS. The molecule has 102 valence electrons. The molecule has 1 atom stereocenters. The molecule has 1 aliphatic rings. The molecule has 1 aliphatic carbocycles. The highest BCUT2D eigenvalue weighted by molar-refractivity contribution is 7.99. The number of para-hydroxylation sites is 1. The normalized spacial score (nSPS) is 23.7. The summed E-state index contributed by atoms with van der Waals surface area (Å²) in [6.45, 7) is 5.47. The molecule has 0 saturated heterocycles. The maximum absolute atomic E-state index is 12.2. The van der Waals surface area contributed by atoms with Gasteiger partial charge in [-0.3, -0.25) is 4.79 Å². The van der Waals surface area contributed by atoms with Gasteiger partial charge in [-0.05, 0) is 25.5 Å². The summed E-state index contributed by atoms with van der Waals surface area (Å²) in [5, 5.41) is 2.91. The average Bonchev–Trinajstić information content (AvgIpc) is 2.89. The zero-order valence-corrected chi connectivity index (χ0v) is 12.9. The Balaban J connectivity index is 2.11. The summed E-state index contributed by atoms with van der Waals surface area (Å²) < 4.78 is -0.944. The number of halogens is 2. The van der Waals surface area contributed by atoms with E-state index < -0.39 is 9.75 Å². The van der Waals surface area contributed by atoms with Crippen molar-refractivity contribution in [2.45, 2.75) is 22.6 Å². The Morgan fingerprint density at radius 3 is 2.74 bits per heavy atom. The number of hydrogen-bond donors (Lipinski definition) is 1. The van der Waals surface area contributed by atoms with Gasteiger partial charge in [0.1, 0.15) is 4.33 Å². The summed E-state index contributed by atoms with van der Waals surface area (Å²) in [5.41, 5.74) is 0.0865. The zero-order valence-electron chi connectivity index (χ0n) is 10.6. The lowest BCUT2D eigenvalue weighted by molar-refractivity contribution is -0.120. The predicted molar refractivity (Wildman–Crippen MR) is 83.2 cm³/mol. The summed E-state index contributed by atoms with van der Waals surface area (Å²) in [6, 6.07) is 7.66. The Morgan fingerprint density at radius 2 is 2.16 bits per heavy atom. The van der Waals surface area contributed by atoms with Crippen LogP contribution in [-0.4, -0.2) is 16.0 Å². The van der Waals surface area contributed by atoms with Crippen LogP contribution in [0.25, 0.3) is 0 Å². The minimum absolute atomic E-state index is 0.135. The first-order valence-electron chi connectivity index (χ1n) is 5.93. The SMILES string of the molecule is C=CCSc1ccccc1NC(=O)C1(C)CC1(Cl)Cl. The van der Waals surface area contributed by atoms with Gasteiger partial charge in [-0.1, -0.05) is 18.2 Å². The van der Waals surface area contributed by atoms with Crippen LogP contribution in [0.2, 0.25) is 0 Å². The number of amides is 1. The van der Waals surface area contributed by atoms with E-state index in [2.05, 4.69) is 11.9 Å². The molecule has 0 heterocycles. The lowest BCUT2D eigenvalue weighted by Gasteiger charge is -2.15. The lowest BCUT2D eigenvalue weighted by Crippen LogP contribution is -2.26. The maximum Gasteiger partial charge on any atom is 0.233 e. The highest BCUT2D eigenvalue weighted by atomic mass is 35.5. The van der Waals surface area contributed by atoms with E-state index in [4.69, 9.17) is 23.2 Å². The van der Waals surface area contributed by atoms with Gasteiger partial charge in [0.05, 0.1) is 11.1 Å². The van der Waals surface area contributed by atoms with Crippen molar-refractivity contribution in [2.75, 3.05) is 11.1 Å². The van der Waals surface area contributed by atoms with Crippen LogP contribution in [0.5, 0.6) is 0 Å². The van der Waals surface area contributed by atoms with E-state index in [0.29, 0.717) is 6.42 Å². The van der Waals surface area contributed by atoms with Crippen molar-refractivity contribution >= 4 is 46.6 Å². The number of benzene rings is 1. The zero-order chi connectivity index (χ0) is 14.1. The fraction of sp³-hybridized carbons (Fsp3) is 0.357. The predicted octanol–water partition coefficient (Wildman–Crippen LogP) is 4.49. The van der Waals surface area contributed by atoms with E-state index in [1.165, 1.54) is 0 Å². The van der Waals surface area contributed by atoms with Crippen molar-refractivity contribution in [1.29, 1.82) is 0 Å². The lowest BCUT2D eigenvalue weighted by atomic mass is 10.1. The van der Waals surface area contributed by atoms with E-state index in [1.807, 2.05) is 30.3 Å². The molecule has 0 aromatic heterocycles. The third kappa shape index (κ3) is 2.93. The van der Waals surface area contributed by atoms with Gasteiger partial charge in [0.15, 0.2) is 0 Å². The molecule has 5 heteroatoms. The third-order valence-electron chi connectivity index (χ3n) is 3.25. The average molecular weight is 316 g/mol. The number of rotatable bonds is 5. The monoisotopic (exact) mass is 315 g/mol. The second kappa shape index (κ2) is 5.39. The molecule has 0 spiro atoms. The number of alkyl halides is 2. The first kappa shape index (κ1) is 14.8. The first-order valence-corrected chi connectivity index (χ1v) is 7.67. The standard InChI is InChI=1S/C14H15Cl2NOS/c1-3-8-19-11-7-5-4-6-10(11)17-12(18)13(2)9-14(13,15)16/h3-7H,1,8-9H2,2H3,(H,17,18). The van der Waals surface area contributed by atoms with Crippen molar-refractivity contribution in [3.63, 3.8) is 0 Å². The van der Waals surface area contributed by atoms with Crippen LogP contribution in [0.1, 0.15) is 13.3 Å². The van der Waals surface area contributed by atoms with Crippen molar-refractivity contribution in [1.82, 2.24) is 0 Å². The molecule has 0 aliphatic heterocycles. The van der Waals surface area contributed by atoms with Crippen molar-refractivity contribution in [3.8, 4) is 0 Å². The summed E-state index contributed by atoms with van der Waals surface area (Å²) in [7, 11) is 0. The molecule has 1 fully saturated rings. The molecular weight excluding hydrogens is 301 g/mol. The highest BCUT2D eigenvalue weighted by Gasteiger charge is 2.67. The molecule has 19 heavy (non-hydrogen) atoms. The van der Waals surface area contributed by atoms with Crippen LogP contribution in [0.3, 0.4) is 0 Å². The van der Waals surface area contributed by atoms with Crippen LogP contribution in [0.15, 0.2) is 41.8 Å². The van der Waals surface area contributed by atoms with E-state index in [9.17, 15) is 4.79 Å². The van der Waals surface area contributed by atoms with Crippen LogP contribution >= 0.6 is 35.0 Å². The van der Waals surface area contributed by atoms with Gasteiger partial charge in [0.25, 0.3) is 0 Å². The van der Waals surface area contributed by atoms with Crippen LogP contribution in [-0.2, 0) is 4.79 Å². The Bertz CT molecular complexity index is 518. The number of hydrogen-bond acceptors (Lipinski definition) is 2. The molecule has 1 unspecified atom stereocenters. The second-order valence-electron chi connectivity index (χ2n) is 4.76. The number of carbonyl (C=O) groups excluding carboxylic acids is 1. The summed E-state index contributed by atoms with van der Waals surface area (Å²) in [6.07, 6.45) is 2.31. The fourth-order valence-corrected chi connectivity index (χ4v) is 3.20. The second-order valence-corrected chi connectivity index (χ2v) is 7.31. The van der Waals surface area contributed by atoms with Crippen molar-refractivity contribution in [3.05, 3.63) is 36.9 Å². The Kier molecular flexibility index (Phi) is 4.19. The highest BCUT2D eigenvalue weighted by Crippen LogP contribution is 2.64. The minimum Gasteiger partial charge on any atom is -0.325 e. The van der Waals surface area contributed by atoms with E-state index in [1.54, 1.807) is 18.7 Å². The molecule has 0 bridgehead atoms. The molecule has 2 nitrogen and oxygen atoms in total. The fourth-order valence-electron chi connectivity index (χ4n) is 1.75. The Morgan fingerprint density at radius 1 is 1.53 bits per heavy atom. The molecule has 1 saturated carbocycles. The number of thioether (sulfide) groups is 1. The summed E-state index contributed by atoms with van der Waals surface area (Å²) in [5.74, 6) is 0.656. The molecule has 1 amide bonds. The van der Waals surface area contributed by atoms with Gasteiger partial charge >= 0.3 is 0 Å². The van der Waals surface area contributed by atoms with Crippen molar-refractivity contribution < 1.29 is 4.79 Å². The van der Waals surface area contributed by atoms with Gasteiger partial charge in [-0.25, -0.2) is 0 Å². The maximum atomic E-state index is 12.2. The molecule has 1 aromatic rings. The molecule has 2 rings (SSSR count).